The second-order valence-corrected chi connectivity index (χ2v) is 4.55. The average Bonchev–Trinajstić information content (AvgIpc) is 2.44. The normalized spacial score (nSPS) is 22.5. The summed E-state index contributed by atoms with van der Waals surface area (Å²) in [5.74, 6) is 0.918. The lowest BCUT2D eigenvalue weighted by atomic mass is 10.3. The fraction of sp³-hybridized carbons (Fsp3) is 0.500. The Morgan fingerprint density at radius 2 is 2.40 bits per heavy atom. The van der Waals surface area contributed by atoms with Crippen LogP contribution in [0.15, 0.2) is 22.8 Å². The van der Waals surface area contributed by atoms with Crippen LogP contribution in [0.5, 0.6) is 0 Å². The molecule has 1 aliphatic heterocycles. The molecule has 0 aromatic carbocycles. The molecule has 82 valence electrons. The van der Waals surface area contributed by atoms with Crippen LogP contribution in [0.1, 0.15) is 0 Å². The van der Waals surface area contributed by atoms with Crippen molar-refractivity contribution in [3.63, 3.8) is 0 Å². The SMILES string of the molecule is OC1CNCCN(c2ccc(Br)cn2)C1. The summed E-state index contributed by atoms with van der Waals surface area (Å²) in [7, 11) is 0. The minimum absolute atomic E-state index is 0.321. The maximum atomic E-state index is 9.63. The van der Waals surface area contributed by atoms with E-state index < -0.39 is 0 Å². The Hall–Kier alpha value is -0.650. The molecule has 1 atom stereocenters. The van der Waals surface area contributed by atoms with E-state index in [4.69, 9.17) is 0 Å². The van der Waals surface area contributed by atoms with Gasteiger partial charge in [0.1, 0.15) is 5.82 Å². The first kappa shape index (κ1) is 10.9. The molecule has 1 unspecified atom stereocenters. The summed E-state index contributed by atoms with van der Waals surface area (Å²) >= 11 is 3.35. The fourth-order valence-corrected chi connectivity index (χ4v) is 1.89. The predicted octanol–water partition coefficient (Wildman–Crippen LogP) is 0.615. The van der Waals surface area contributed by atoms with Gasteiger partial charge in [0, 0.05) is 36.8 Å². The van der Waals surface area contributed by atoms with Crippen molar-refractivity contribution >= 4 is 21.7 Å². The first-order chi connectivity index (χ1) is 7.25. The Kier molecular flexibility index (Phi) is 3.56. The van der Waals surface area contributed by atoms with Crippen LogP contribution in [0, 0.1) is 0 Å². The van der Waals surface area contributed by atoms with Gasteiger partial charge in [-0.15, -0.1) is 0 Å². The summed E-state index contributed by atoms with van der Waals surface area (Å²) in [4.78, 5) is 6.41. The summed E-state index contributed by atoms with van der Waals surface area (Å²) in [5, 5.41) is 12.8. The van der Waals surface area contributed by atoms with Crippen LogP contribution >= 0.6 is 15.9 Å². The highest BCUT2D eigenvalue weighted by molar-refractivity contribution is 9.10. The van der Waals surface area contributed by atoms with Gasteiger partial charge < -0.3 is 15.3 Å². The van der Waals surface area contributed by atoms with Crippen molar-refractivity contribution in [1.29, 1.82) is 0 Å². The molecular weight excluding hydrogens is 258 g/mol. The quantitative estimate of drug-likeness (QED) is 0.786. The number of nitrogens with one attached hydrogen (secondary N) is 1. The maximum Gasteiger partial charge on any atom is 0.128 e. The van der Waals surface area contributed by atoms with Gasteiger partial charge in [-0.1, -0.05) is 0 Å². The number of aliphatic hydroxyl groups excluding tert-OH is 1. The highest BCUT2D eigenvalue weighted by atomic mass is 79.9. The molecule has 1 saturated heterocycles. The van der Waals surface area contributed by atoms with E-state index in [9.17, 15) is 5.11 Å². The summed E-state index contributed by atoms with van der Waals surface area (Å²) in [6.45, 7) is 3.06. The lowest BCUT2D eigenvalue weighted by molar-refractivity contribution is 0.184. The van der Waals surface area contributed by atoms with Crippen LogP contribution in [0.4, 0.5) is 5.82 Å². The molecule has 0 saturated carbocycles. The standard InChI is InChI=1S/C10H14BrN3O/c11-8-1-2-10(13-5-8)14-4-3-12-6-9(15)7-14/h1-2,5,9,12,15H,3-4,6-7H2. The minimum atomic E-state index is -0.321. The molecule has 0 radical (unpaired) electrons. The molecular formula is C10H14BrN3O. The molecule has 2 rings (SSSR count). The molecule has 0 amide bonds. The molecule has 1 fully saturated rings. The van der Waals surface area contributed by atoms with Crippen molar-refractivity contribution in [3.8, 4) is 0 Å². The number of halogens is 1. The highest BCUT2D eigenvalue weighted by Gasteiger charge is 2.16. The Bertz CT molecular complexity index is 317. The zero-order valence-electron chi connectivity index (χ0n) is 8.36. The summed E-state index contributed by atoms with van der Waals surface area (Å²) < 4.78 is 0.972. The number of nitrogens with zero attached hydrogens (tertiary/aromatic N) is 2. The van der Waals surface area contributed by atoms with Gasteiger partial charge in [0.05, 0.1) is 6.10 Å². The maximum absolute atomic E-state index is 9.63. The number of pyridine rings is 1. The second-order valence-electron chi connectivity index (χ2n) is 3.64. The summed E-state index contributed by atoms with van der Waals surface area (Å²) in [6.07, 6.45) is 1.46. The molecule has 4 nitrogen and oxygen atoms in total. The third-order valence-electron chi connectivity index (χ3n) is 2.41. The number of β-amino-alcohol motifs (C(OH)–C–C–N with tert-alkyl or cyclic N) is 1. The van der Waals surface area contributed by atoms with Gasteiger partial charge in [-0.2, -0.15) is 0 Å². The third-order valence-corrected chi connectivity index (χ3v) is 2.87. The second kappa shape index (κ2) is 4.92. The Labute approximate surface area is 97.4 Å². The number of aliphatic hydroxyl groups is 1. The Morgan fingerprint density at radius 1 is 1.53 bits per heavy atom. The van der Waals surface area contributed by atoms with Crippen molar-refractivity contribution in [3.05, 3.63) is 22.8 Å². The Morgan fingerprint density at radius 3 is 3.13 bits per heavy atom. The monoisotopic (exact) mass is 271 g/mol. The largest absolute Gasteiger partial charge is 0.390 e. The van der Waals surface area contributed by atoms with Crippen LogP contribution in [0.25, 0.3) is 0 Å². The summed E-state index contributed by atoms with van der Waals surface area (Å²) in [5.41, 5.74) is 0. The molecule has 0 bridgehead atoms. The first-order valence-corrected chi connectivity index (χ1v) is 5.80. The van der Waals surface area contributed by atoms with E-state index >= 15 is 0 Å². The first-order valence-electron chi connectivity index (χ1n) is 5.01. The van der Waals surface area contributed by atoms with Gasteiger partial charge in [-0.25, -0.2) is 4.98 Å². The number of anilines is 1. The molecule has 0 spiro atoms. The fourth-order valence-electron chi connectivity index (χ4n) is 1.66. The zero-order valence-corrected chi connectivity index (χ0v) is 9.94. The van der Waals surface area contributed by atoms with E-state index in [2.05, 4.69) is 31.1 Å². The van der Waals surface area contributed by atoms with Gasteiger partial charge >= 0.3 is 0 Å². The Balaban J connectivity index is 2.11. The molecule has 15 heavy (non-hydrogen) atoms. The smallest absolute Gasteiger partial charge is 0.128 e. The van der Waals surface area contributed by atoms with Crippen LogP contribution in [-0.2, 0) is 0 Å². The van der Waals surface area contributed by atoms with Gasteiger partial charge in [-0.3, -0.25) is 0 Å². The number of hydrogen-bond donors (Lipinski definition) is 2. The third kappa shape index (κ3) is 2.90. The van der Waals surface area contributed by atoms with Crippen molar-refractivity contribution in [1.82, 2.24) is 10.3 Å². The number of hydrogen-bond acceptors (Lipinski definition) is 4. The average molecular weight is 272 g/mol. The molecule has 2 heterocycles. The molecule has 5 heteroatoms. The van der Waals surface area contributed by atoms with E-state index in [1.165, 1.54) is 0 Å². The van der Waals surface area contributed by atoms with Crippen LogP contribution in [-0.4, -0.2) is 42.4 Å². The topological polar surface area (TPSA) is 48.4 Å². The zero-order chi connectivity index (χ0) is 10.7. The van der Waals surface area contributed by atoms with Crippen LogP contribution in [0.3, 0.4) is 0 Å². The van der Waals surface area contributed by atoms with Gasteiger partial charge in [0.15, 0.2) is 0 Å². The van der Waals surface area contributed by atoms with Crippen molar-refractivity contribution < 1.29 is 5.11 Å². The van der Waals surface area contributed by atoms with E-state index in [0.717, 1.165) is 23.4 Å². The predicted molar refractivity (Wildman–Crippen MR) is 63.0 cm³/mol. The van der Waals surface area contributed by atoms with Crippen molar-refractivity contribution in [2.24, 2.45) is 0 Å². The summed E-state index contributed by atoms with van der Waals surface area (Å²) in [6, 6.07) is 3.93. The van der Waals surface area contributed by atoms with Crippen molar-refractivity contribution in [2.75, 3.05) is 31.1 Å². The van der Waals surface area contributed by atoms with Crippen molar-refractivity contribution in [2.45, 2.75) is 6.10 Å². The van der Waals surface area contributed by atoms with E-state index in [1.807, 2.05) is 12.1 Å². The number of aromatic nitrogens is 1. The van der Waals surface area contributed by atoms with E-state index in [1.54, 1.807) is 6.20 Å². The molecule has 2 N–H and O–H groups in total. The minimum Gasteiger partial charge on any atom is -0.390 e. The number of rotatable bonds is 1. The van der Waals surface area contributed by atoms with Crippen LogP contribution in [0.2, 0.25) is 0 Å². The highest BCUT2D eigenvalue weighted by Crippen LogP contribution is 2.15. The van der Waals surface area contributed by atoms with Gasteiger partial charge in [-0.05, 0) is 28.1 Å². The van der Waals surface area contributed by atoms with Gasteiger partial charge in [0.2, 0.25) is 0 Å². The van der Waals surface area contributed by atoms with E-state index in [0.29, 0.717) is 13.1 Å². The molecule has 1 aliphatic rings. The molecule has 1 aromatic heterocycles. The molecule has 1 aromatic rings. The van der Waals surface area contributed by atoms with Crippen LogP contribution < -0.4 is 10.2 Å². The van der Waals surface area contributed by atoms with Gasteiger partial charge in [0.25, 0.3) is 0 Å². The lowest BCUT2D eigenvalue weighted by Crippen LogP contribution is -2.33. The van der Waals surface area contributed by atoms with E-state index in [-0.39, 0.29) is 6.10 Å². The lowest BCUT2D eigenvalue weighted by Gasteiger charge is -2.22. The molecule has 0 aliphatic carbocycles.